The van der Waals surface area contributed by atoms with Crippen molar-refractivity contribution < 1.29 is 23.4 Å². The Bertz CT molecular complexity index is 1120. The van der Waals surface area contributed by atoms with Crippen molar-refractivity contribution in [2.75, 3.05) is 38.2 Å². The Morgan fingerprint density at radius 2 is 2.10 bits per heavy atom. The van der Waals surface area contributed by atoms with Gasteiger partial charge in [0.2, 0.25) is 5.95 Å². The summed E-state index contributed by atoms with van der Waals surface area (Å²) in [6, 6.07) is 5.37. The summed E-state index contributed by atoms with van der Waals surface area (Å²) in [5.41, 5.74) is 1.65. The van der Waals surface area contributed by atoms with Crippen molar-refractivity contribution in [3.8, 4) is 17.0 Å². The second-order valence-electron chi connectivity index (χ2n) is 8.83. The third-order valence-electron chi connectivity index (χ3n) is 6.62. The molecule has 1 aromatic heterocycles. The van der Waals surface area contributed by atoms with E-state index >= 15 is 0 Å². The van der Waals surface area contributed by atoms with Crippen molar-refractivity contribution in [2.24, 2.45) is 0 Å². The minimum Gasteiger partial charge on any atom is -0.490 e. The zero-order valence-corrected chi connectivity index (χ0v) is 16.9. The first kappa shape index (κ1) is 18.7. The molecular weight excluding hydrogens is 408 g/mol. The molecule has 4 heterocycles. The number of likely N-dealkylation sites (N-methyl/N-ethyl adjacent to an activating group) is 1. The zero-order chi connectivity index (χ0) is 21.5. The van der Waals surface area contributed by atoms with Crippen molar-refractivity contribution >= 4 is 12.0 Å². The maximum atomic E-state index is 14.5. The Hall–Kier alpha value is -3.01. The summed E-state index contributed by atoms with van der Waals surface area (Å²) in [7, 11) is 1.73. The summed E-state index contributed by atoms with van der Waals surface area (Å²) < 4.78 is 35.0. The molecule has 0 radical (unpaired) electrons. The summed E-state index contributed by atoms with van der Waals surface area (Å²) in [4.78, 5) is 24.1. The van der Waals surface area contributed by atoms with E-state index in [0.717, 1.165) is 5.56 Å². The highest BCUT2D eigenvalue weighted by molar-refractivity contribution is 5.79. The number of hydrogen-bond donors (Lipinski definition) is 2. The van der Waals surface area contributed by atoms with Crippen LogP contribution in [-0.4, -0.2) is 65.4 Å². The van der Waals surface area contributed by atoms with E-state index in [-0.39, 0.29) is 30.5 Å². The van der Waals surface area contributed by atoms with Gasteiger partial charge in [-0.1, -0.05) is 12.1 Å². The Labute approximate surface area is 176 Å². The van der Waals surface area contributed by atoms with E-state index in [9.17, 15) is 18.7 Å². The van der Waals surface area contributed by atoms with Gasteiger partial charge < -0.3 is 25.0 Å². The first-order chi connectivity index (χ1) is 14.8. The van der Waals surface area contributed by atoms with E-state index in [1.165, 1.54) is 0 Å². The Morgan fingerprint density at radius 1 is 1.29 bits per heavy atom. The fourth-order valence-electron chi connectivity index (χ4n) is 4.92. The van der Waals surface area contributed by atoms with E-state index in [1.54, 1.807) is 16.8 Å². The highest BCUT2D eigenvalue weighted by Crippen LogP contribution is 2.46. The van der Waals surface area contributed by atoms with Crippen LogP contribution >= 0.6 is 0 Å². The minimum atomic E-state index is -3.00. The Balaban J connectivity index is 1.44. The lowest BCUT2D eigenvalue weighted by molar-refractivity contribution is -0.00597. The number of fused-ring (bicyclic) bond motifs is 3. The number of nitrogens with zero attached hydrogens (tertiary/aromatic N) is 4. The summed E-state index contributed by atoms with van der Waals surface area (Å²) >= 11 is 0. The molecule has 2 saturated heterocycles. The fraction of sp³-hybridized carbons (Fsp3) is 0.476. The van der Waals surface area contributed by atoms with Crippen molar-refractivity contribution in [1.29, 1.82) is 0 Å². The lowest BCUT2D eigenvalue weighted by atomic mass is 9.91. The van der Waals surface area contributed by atoms with Crippen molar-refractivity contribution in [3.63, 3.8) is 0 Å². The largest absolute Gasteiger partial charge is 0.490 e. The molecule has 8 nitrogen and oxygen atoms in total. The van der Waals surface area contributed by atoms with Gasteiger partial charge in [-0.15, -0.1) is 0 Å². The van der Waals surface area contributed by atoms with Crippen LogP contribution in [0, 0.1) is 0 Å². The average Bonchev–Trinajstić information content (AvgIpc) is 3.32. The van der Waals surface area contributed by atoms with Crippen LogP contribution in [0.25, 0.3) is 11.3 Å². The number of aliphatic hydroxyl groups is 1. The van der Waals surface area contributed by atoms with Crippen LogP contribution in [0.5, 0.6) is 5.75 Å². The smallest absolute Gasteiger partial charge is 0.318 e. The third-order valence-corrected chi connectivity index (χ3v) is 6.62. The molecule has 1 unspecified atom stereocenters. The quantitative estimate of drug-likeness (QED) is 0.754. The molecule has 31 heavy (non-hydrogen) atoms. The minimum absolute atomic E-state index is 0.155. The van der Waals surface area contributed by atoms with Crippen LogP contribution in [-0.2, 0) is 17.9 Å². The van der Waals surface area contributed by atoms with Gasteiger partial charge in [-0.05, 0) is 12.5 Å². The Kier molecular flexibility index (Phi) is 3.64. The molecule has 2 fully saturated rings. The van der Waals surface area contributed by atoms with E-state index in [4.69, 9.17) is 4.74 Å². The number of benzene rings is 1. The van der Waals surface area contributed by atoms with Gasteiger partial charge in [-0.2, -0.15) is 8.78 Å². The molecule has 0 saturated carbocycles. The zero-order valence-electron chi connectivity index (χ0n) is 16.9. The van der Waals surface area contributed by atoms with Crippen LogP contribution in [0.4, 0.5) is 19.5 Å². The van der Waals surface area contributed by atoms with Gasteiger partial charge in [0.05, 0.1) is 18.3 Å². The molecule has 10 heteroatoms. The van der Waals surface area contributed by atoms with Crippen LogP contribution in [0.2, 0.25) is 0 Å². The maximum absolute atomic E-state index is 14.5. The molecule has 1 spiro atoms. The van der Waals surface area contributed by atoms with Gasteiger partial charge in [0, 0.05) is 43.2 Å². The van der Waals surface area contributed by atoms with Gasteiger partial charge in [0.1, 0.15) is 23.6 Å². The van der Waals surface area contributed by atoms with Gasteiger partial charge in [0.15, 0.2) is 0 Å². The number of amides is 2. The number of anilines is 1. The molecule has 1 aliphatic carbocycles. The molecule has 3 aliphatic heterocycles. The summed E-state index contributed by atoms with van der Waals surface area (Å²) in [6.45, 7) is 1.47. The predicted octanol–water partition coefficient (Wildman–Crippen LogP) is 1.61. The number of halogens is 2. The second-order valence-corrected chi connectivity index (χ2v) is 8.83. The number of rotatable bonds is 2. The van der Waals surface area contributed by atoms with E-state index in [1.807, 2.05) is 18.2 Å². The molecule has 6 rings (SSSR count). The molecule has 4 aliphatic rings. The topological polar surface area (TPSA) is 90.8 Å². The summed E-state index contributed by atoms with van der Waals surface area (Å²) in [5.74, 6) is -2.17. The number of β-amino-alcohol motifs (C(OH)–C–C–N with tert-alkyl or cyclic N) is 1. The SMILES string of the molecule is CN1CC2(COc3cc(-c4nc(N5CC(O)C5)nc5c4CCC5(F)F)ccc32)NC1=O. The van der Waals surface area contributed by atoms with Crippen LogP contribution < -0.4 is 15.0 Å². The van der Waals surface area contributed by atoms with Crippen LogP contribution in [0.3, 0.4) is 0 Å². The highest BCUT2D eigenvalue weighted by Gasteiger charge is 2.49. The summed E-state index contributed by atoms with van der Waals surface area (Å²) in [5, 5.41) is 12.6. The molecular formula is C21H21F2N5O3. The fourth-order valence-corrected chi connectivity index (χ4v) is 4.92. The van der Waals surface area contributed by atoms with Crippen molar-refractivity contribution in [1.82, 2.24) is 20.2 Å². The van der Waals surface area contributed by atoms with Gasteiger partial charge in [-0.25, -0.2) is 14.8 Å². The van der Waals surface area contributed by atoms with Crippen LogP contribution in [0.15, 0.2) is 18.2 Å². The van der Waals surface area contributed by atoms with E-state index in [0.29, 0.717) is 48.8 Å². The number of alkyl halides is 2. The highest BCUT2D eigenvalue weighted by atomic mass is 19.3. The molecule has 2 N–H and O–H groups in total. The lowest BCUT2D eigenvalue weighted by Crippen LogP contribution is -2.51. The Morgan fingerprint density at radius 3 is 2.81 bits per heavy atom. The number of carbonyl (C=O) groups excluding carboxylic acids is 1. The number of nitrogens with one attached hydrogen (secondary N) is 1. The molecule has 2 aromatic rings. The van der Waals surface area contributed by atoms with Crippen LogP contribution in [0.1, 0.15) is 23.2 Å². The number of ether oxygens (including phenoxy) is 1. The number of carbonyl (C=O) groups is 1. The number of aromatic nitrogens is 2. The first-order valence-corrected chi connectivity index (χ1v) is 10.3. The monoisotopic (exact) mass is 429 g/mol. The molecule has 1 atom stereocenters. The van der Waals surface area contributed by atoms with E-state index in [2.05, 4.69) is 15.3 Å². The second kappa shape index (κ2) is 6.03. The molecule has 1 aromatic carbocycles. The van der Waals surface area contributed by atoms with Gasteiger partial charge in [-0.3, -0.25) is 0 Å². The first-order valence-electron chi connectivity index (χ1n) is 10.3. The number of hydrogen-bond acceptors (Lipinski definition) is 6. The standard InChI is InChI=1S/C21H21F2N5O3/c1-27-9-20(26-19(27)30)10-31-15-6-11(2-3-14(15)20)16-13-4-5-21(22,23)17(13)25-18(24-16)28-7-12(29)8-28/h2-3,6,12,29H,4-5,7-10H2,1H3,(H,26,30). The summed E-state index contributed by atoms with van der Waals surface area (Å²) in [6.07, 6.45) is -0.590. The predicted molar refractivity (Wildman–Crippen MR) is 106 cm³/mol. The molecule has 0 bridgehead atoms. The molecule has 162 valence electrons. The van der Waals surface area contributed by atoms with Crippen molar-refractivity contribution in [2.45, 2.75) is 30.4 Å². The molecule has 2 amide bonds. The lowest BCUT2D eigenvalue weighted by Gasteiger charge is -2.36. The van der Waals surface area contributed by atoms with Gasteiger partial charge >= 0.3 is 6.03 Å². The maximum Gasteiger partial charge on any atom is 0.318 e. The average molecular weight is 429 g/mol. The van der Waals surface area contributed by atoms with Gasteiger partial charge in [0.25, 0.3) is 5.92 Å². The van der Waals surface area contributed by atoms with Crippen molar-refractivity contribution in [3.05, 3.63) is 35.0 Å². The normalized spacial score (nSPS) is 26.0. The number of urea groups is 1. The van der Waals surface area contributed by atoms with E-state index < -0.39 is 17.6 Å². The third kappa shape index (κ3) is 2.63. The number of aliphatic hydroxyl groups excluding tert-OH is 1.